The molecule has 1 aliphatic heterocycles. The summed E-state index contributed by atoms with van der Waals surface area (Å²) in [4.78, 5) is 0. The van der Waals surface area contributed by atoms with Crippen molar-refractivity contribution in [2.45, 2.75) is 38.8 Å². The Bertz CT molecular complexity index is 450. The zero-order chi connectivity index (χ0) is 15.2. The van der Waals surface area contributed by atoms with Crippen molar-refractivity contribution in [3.63, 3.8) is 0 Å². The number of benzene rings is 1. The van der Waals surface area contributed by atoms with Gasteiger partial charge in [-0.1, -0.05) is 6.92 Å². The van der Waals surface area contributed by atoms with Gasteiger partial charge in [-0.05, 0) is 43.9 Å². The van der Waals surface area contributed by atoms with Crippen LogP contribution in [0.15, 0.2) is 18.2 Å². The van der Waals surface area contributed by atoms with Crippen molar-refractivity contribution in [3.8, 4) is 11.5 Å². The summed E-state index contributed by atoms with van der Waals surface area (Å²) in [5.74, 6) is 2.36. The van der Waals surface area contributed by atoms with Gasteiger partial charge in [-0.2, -0.15) is 0 Å². The average Bonchev–Trinajstić information content (AvgIpc) is 2.99. The van der Waals surface area contributed by atoms with E-state index in [4.69, 9.17) is 14.2 Å². The first kappa shape index (κ1) is 16.1. The molecule has 0 aliphatic carbocycles. The molecule has 2 rings (SSSR count). The molecule has 4 nitrogen and oxygen atoms in total. The first-order valence-electron chi connectivity index (χ1n) is 7.76. The summed E-state index contributed by atoms with van der Waals surface area (Å²) >= 11 is 0. The number of nitrogens with one attached hydrogen (secondary N) is 1. The Balaban J connectivity index is 2.00. The molecule has 0 saturated carbocycles. The van der Waals surface area contributed by atoms with Crippen molar-refractivity contribution < 1.29 is 14.2 Å². The molecule has 3 atom stereocenters. The first-order valence-corrected chi connectivity index (χ1v) is 7.76. The molecule has 0 radical (unpaired) electrons. The van der Waals surface area contributed by atoms with E-state index in [0.29, 0.717) is 12.0 Å². The molecule has 1 saturated heterocycles. The largest absolute Gasteiger partial charge is 0.497 e. The van der Waals surface area contributed by atoms with Gasteiger partial charge in [0.05, 0.1) is 20.3 Å². The van der Waals surface area contributed by atoms with E-state index in [1.807, 2.05) is 18.2 Å². The fourth-order valence-electron chi connectivity index (χ4n) is 2.99. The molecule has 1 aromatic rings. The van der Waals surface area contributed by atoms with Crippen molar-refractivity contribution >= 4 is 0 Å². The number of methoxy groups -OCH3 is 2. The van der Waals surface area contributed by atoms with Crippen LogP contribution in [0.5, 0.6) is 11.5 Å². The second-order valence-corrected chi connectivity index (χ2v) is 5.60. The number of hydrogen-bond donors (Lipinski definition) is 1. The summed E-state index contributed by atoms with van der Waals surface area (Å²) in [6.45, 7) is 6.22. The number of hydrogen-bond acceptors (Lipinski definition) is 4. The highest BCUT2D eigenvalue weighted by molar-refractivity contribution is 5.42. The third-order valence-electron chi connectivity index (χ3n) is 4.34. The monoisotopic (exact) mass is 293 g/mol. The summed E-state index contributed by atoms with van der Waals surface area (Å²) in [5.41, 5.74) is 1.13. The van der Waals surface area contributed by atoms with Crippen LogP contribution in [0.4, 0.5) is 0 Å². The van der Waals surface area contributed by atoms with Crippen LogP contribution in [0.1, 0.15) is 38.3 Å². The second-order valence-electron chi connectivity index (χ2n) is 5.60. The molecule has 4 heteroatoms. The first-order chi connectivity index (χ1) is 10.2. The lowest BCUT2D eigenvalue weighted by molar-refractivity contribution is 0.0867. The SMILES string of the molecule is CCC1OCCC1CNC(C)c1cc(OC)ccc1OC. The minimum absolute atomic E-state index is 0.216. The van der Waals surface area contributed by atoms with Crippen LogP contribution in [-0.2, 0) is 4.74 Å². The lowest BCUT2D eigenvalue weighted by Gasteiger charge is -2.22. The quantitative estimate of drug-likeness (QED) is 0.838. The van der Waals surface area contributed by atoms with Crippen LogP contribution < -0.4 is 14.8 Å². The van der Waals surface area contributed by atoms with E-state index >= 15 is 0 Å². The molecule has 1 heterocycles. The molecule has 0 spiro atoms. The Labute approximate surface area is 127 Å². The lowest BCUT2D eigenvalue weighted by Crippen LogP contribution is -2.30. The predicted molar refractivity (Wildman–Crippen MR) is 84.1 cm³/mol. The van der Waals surface area contributed by atoms with Crippen LogP contribution in [-0.4, -0.2) is 33.5 Å². The molecule has 0 amide bonds. The van der Waals surface area contributed by atoms with Crippen LogP contribution in [0.25, 0.3) is 0 Å². The minimum atomic E-state index is 0.216. The molecule has 118 valence electrons. The van der Waals surface area contributed by atoms with Gasteiger partial charge < -0.3 is 19.5 Å². The van der Waals surface area contributed by atoms with Gasteiger partial charge in [-0.3, -0.25) is 0 Å². The van der Waals surface area contributed by atoms with E-state index in [-0.39, 0.29) is 6.04 Å². The highest BCUT2D eigenvalue weighted by Crippen LogP contribution is 2.30. The number of ether oxygens (including phenoxy) is 3. The van der Waals surface area contributed by atoms with Gasteiger partial charge >= 0.3 is 0 Å². The normalized spacial score (nSPS) is 23.0. The fourth-order valence-corrected chi connectivity index (χ4v) is 2.99. The zero-order valence-electron chi connectivity index (χ0n) is 13.5. The predicted octanol–water partition coefficient (Wildman–Crippen LogP) is 3.17. The van der Waals surface area contributed by atoms with Gasteiger partial charge in [-0.25, -0.2) is 0 Å². The number of rotatable bonds is 7. The molecular weight excluding hydrogens is 266 g/mol. The van der Waals surface area contributed by atoms with Gasteiger partial charge in [0, 0.05) is 24.8 Å². The van der Waals surface area contributed by atoms with Crippen molar-refractivity contribution in [1.29, 1.82) is 0 Å². The van der Waals surface area contributed by atoms with Crippen molar-refractivity contribution in [2.24, 2.45) is 5.92 Å². The van der Waals surface area contributed by atoms with Crippen molar-refractivity contribution in [1.82, 2.24) is 5.32 Å². The van der Waals surface area contributed by atoms with E-state index in [0.717, 1.165) is 43.1 Å². The van der Waals surface area contributed by atoms with Gasteiger partial charge in [0.2, 0.25) is 0 Å². The summed E-state index contributed by atoms with van der Waals surface area (Å²) in [6, 6.07) is 6.14. The highest BCUT2D eigenvalue weighted by atomic mass is 16.5. The molecule has 0 aromatic heterocycles. The Hall–Kier alpha value is -1.26. The standard InChI is InChI=1S/C17H27NO3/c1-5-16-13(8-9-21-16)11-18-12(2)15-10-14(19-3)6-7-17(15)20-4/h6-7,10,12-13,16,18H,5,8-9,11H2,1-4H3. The fraction of sp³-hybridized carbons (Fsp3) is 0.647. The zero-order valence-corrected chi connectivity index (χ0v) is 13.5. The summed E-state index contributed by atoms with van der Waals surface area (Å²) in [6.07, 6.45) is 2.63. The summed E-state index contributed by atoms with van der Waals surface area (Å²) in [5, 5.41) is 3.62. The molecule has 1 aliphatic rings. The van der Waals surface area contributed by atoms with E-state index in [2.05, 4.69) is 19.2 Å². The van der Waals surface area contributed by atoms with Gasteiger partial charge in [-0.15, -0.1) is 0 Å². The van der Waals surface area contributed by atoms with Gasteiger partial charge in [0.25, 0.3) is 0 Å². The molecule has 1 aromatic carbocycles. The summed E-state index contributed by atoms with van der Waals surface area (Å²) < 4.78 is 16.5. The van der Waals surface area contributed by atoms with E-state index in [1.54, 1.807) is 14.2 Å². The maximum atomic E-state index is 5.75. The van der Waals surface area contributed by atoms with Gasteiger partial charge in [0.1, 0.15) is 11.5 Å². The van der Waals surface area contributed by atoms with Crippen LogP contribution >= 0.6 is 0 Å². The van der Waals surface area contributed by atoms with Crippen LogP contribution in [0.3, 0.4) is 0 Å². The van der Waals surface area contributed by atoms with E-state index in [9.17, 15) is 0 Å². The Kier molecular flexibility index (Phi) is 5.88. The smallest absolute Gasteiger partial charge is 0.123 e. The Morgan fingerprint density at radius 2 is 2.14 bits per heavy atom. The molecular formula is C17H27NO3. The Morgan fingerprint density at radius 1 is 1.33 bits per heavy atom. The second kappa shape index (κ2) is 7.66. The third-order valence-corrected chi connectivity index (χ3v) is 4.34. The average molecular weight is 293 g/mol. The maximum absolute atomic E-state index is 5.75. The topological polar surface area (TPSA) is 39.7 Å². The molecule has 1 N–H and O–H groups in total. The molecule has 21 heavy (non-hydrogen) atoms. The highest BCUT2D eigenvalue weighted by Gasteiger charge is 2.27. The van der Waals surface area contributed by atoms with Gasteiger partial charge in [0.15, 0.2) is 0 Å². The molecule has 1 fully saturated rings. The lowest BCUT2D eigenvalue weighted by atomic mass is 9.98. The van der Waals surface area contributed by atoms with Crippen LogP contribution in [0, 0.1) is 5.92 Å². The molecule has 3 unspecified atom stereocenters. The molecule has 0 bridgehead atoms. The minimum Gasteiger partial charge on any atom is -0.497 e. The Morgan fingerprint density at radius 3 is 2.81 bits per heavy atom. The van der Waals surface area contributed by atoms with Crippen LogP contribution in [0.2, 0.25) is 0 Å². The van der Waals surface area contributed by atoms with E-state index in [1.165, 1.54) is 0 Å². The third kappa shape index (κ3) is 3.89. The maximum Gasteiger partial charge on any atom is 0.123 e. The summed E-state index contributed by atoms with van der Waals surface area (Å²) in [7, 11) is 3.39. The van der Waals surface area contributed by atoms with Crippen molar-refractivity contribution in [2.75, 3.05) is 27.4 Å². The van der Waals surface area contributed by atoms with E-state index < -0.39 is 0 Å². The van der Waals surface area contributed by atoms with Crippen molar-refractivity contribution in [3.05, 3.63) is 23.8 Å².